The highest BCUT2D eigenvalue weighted by atomic mass is 16.3. The van der Waals surface area contributed by atoms with E-state index in [2.05, 4.69) is 53.4 Å². The zero-order valence-electron chi connectivity index (χ0n) is 22.4. The normalized spacial score (nSPS) is 15.2. The zero-order valence-corrected chi connectivity index (χ0v) is 22.4. The van der Waals surface area contributed by atoms with Gasteiger partial charge in [0.1, 0.15) is 12.1 Å². The molecule has 1 aromatic carbocycles. The number of hydrogen-bond donors (Lipinski definition) is 3. The zero-order chi connectivity index (χ0) is 27.5. The van der Waals surface area contributed by atoms with Gasteiger partial charge in [0.15, 0.2) is 11.6 Å². The molecule has 3 aromatic heterocycles. The average Bonchev–Trinajstić information content (AvgIpc) is 3.46. The highest BCUT2D eigenvalue weighted by molar-refractivity contribution is 6.06. The van der Waals surface area contributed by atoms with Gasteiger partial charge < -0.3 is 29.8 Å². The van der Waals surface area contributed by atoms with Crippen LogP contribution in [-0.4, -0.2) is 64.5 Å². The van der Waals surface area contributed by atoms with Gasteiger partial charge in [-0.25, -0.2) is 15.0 Å². The second-order valence-electron chi connectivity index (χ2n) is 10.2. The summed E-state index contributed by atoms with van der Waals surface area (Å²) in [6.45, 7) is 5.57. The van der Waals surface area contributed by atoms with Crippen molar-refractivity contribution in [1.82, 2.24) is 25.3 Å². The lowest BCUT2D eigenvalue weighted by Crippen LogP contribution is -2.47. The Morgan fingerprint density at radius 1 is 1.07 bits per heavy atom. The summed E-state index contributed by atoms with van der Waals surface area (Å²) >= 11 is 0. The molecule has 4 heterocycles. The maximum atomic E-state index is 13.2. The number of benzene rings is 1. The Labute approximate surface area is 232 Å². The van der Waals surface area contributed by atoms with E-state index in [1.165, 1.54) is 6.26 Å². The molecule has 0 radical (unpaired) electrons. The number of imidazole rings is 1. The smallest absolute Gasteiger partial charge is 0.277 e. The van der Waals surface area contributed by atoms with Crippen molar-refractivity contribution < 1.29 is 14.0 Å². The van der Waals surface area contributed by atoms with E-state index in [9.17, 15) is 9.59 Å². The SMILES string of the molecule is Cc1cccnc1N1CCN(c2ccc(C(=O)NCCc3c[nH]cn3)cc2NC(=O)c2coc(C3CC3)n2)CC1. The minimum absolute atomic E-state index is 0.217. The van der Waals surface area contributed by atoms with Gasteiger partial charge in [-0.1, -0.05) is 6.07 Å². The third-order valence-electron chi connectivity index (χ3n) is 7.31. The van der Waals surface area contributed by atoms with Gasteiger partial charge in [-0.15, -0.1) is 0 Å². The van der Waals surface area contributed by atoms with Crippen molar-refractivity contribution in [3.63, 3.8) is 0 Å². The number of amides is 2. The lowest BCUT2D eigenvalue weighted by atomic mass is 10.1. The van der Waals surface area contributed by atoms with Crippen LogP contribution in [-0.2, 0) is 6.42 Å². The molecule has 4 aromatic rings. The van der Waals surface area contributed by atoms with E-state index in [1.807, 2.05) is 24.5 Å². The van der Waals surface area contributed by atoms with E-state index in [0.717, 1.165) is 61.8 Å². The highest BCUT2D eigenvalue weighted by Crippen LogP contribution is 2.39. The molecule has 0 spiro atoms. The molecular weight excluding hydrogens is 508 g/mol. The number of carbonyl (C=O) groups excluding carboxylic acids is 2. The molecule has 3 N–H and O–H groups in total. The molecule has 1 saturated carbocycles. The molecule has 0 bridgehead atoms. The van der Waals surface area contributed by atoms with Gasteiger partial charge in [0, 0.05) is 63.0 Å². The van der Waals surface area contributed by atoms with Gasteiger partial charge in [0.05, 0.1) is 23.4 Å². The van der Waals surface area contributed by atoms with Crippen LogP contribution in [0.25, 0.3) is 0 Å². The fourth-order valence-electron chi connectivity index (χ4n) is 4.95. The summed E-state index contributed by atoms with van der Waals surface area (Å²) in [5.74, 6) is 1.33. The quantitative estimate of drug-likeness (QED) is 0.294. The molecule has 1 aliphatic heterocycles. The first-order valence-corrected chi connectivity index (χ1v) is 13.6. The van der Waals surface area contributed by atoms with Crippen molar-refractivity contribution in [2.24, 2.45) is 0 Å². The predicted octanol–water partition coefficient (Wildman–Crippen LogP) is 3.53. The first-order chi connectivity index (χ1) is 19.5. The van der Waals surface area contributed by atoms with Gasteiger partial charge in [0.25, 0.3) is 11.8 Å². The second-order valence-corrected chi connectivity index (χ2v) is 10.2. The Morgan fingerprint density at radius 3 is 2.65 bits per heavy atom. The van der Waals surface area contributed by atoms with Crippen LogP contribution in [0.2, 0.25) is 0 Å². The Kier molecular flexibility index (Phi) is 7.17. The van der Waals surface area contributed by atoms with Crippen molar-refractivity contribution in [2.45, 2.75) is 32.1 Å². The van der Waals surface area contributed by atoms with E-state index in [4.69, 9.17) is 4.42 Å². The van der Waals surface area contributed by atoms with E-state index in [0.29, 0.717) is 36.0 Å². The van der Waals surface area contributed by atoms with Gasteiger partial charge in [-0.2, -0.15) is 0 Å². The summed E-state index contributed by atoms with van der Waals surface area (Å²) in [7, 11) is 0. The van der Waals surface area contributed by atoms with Gasteiger partial charge in [-0.3, -0.25) is 9.59 Å². The summed E-state index contributed by atoms with van der Waals surface area (Å²) < 4.78 is 5.53. The maximum absolute atomic E-state index is 13.2. The van der Waals surface area contributed by atoms with Crippen LogP contribution >= 0.6 is 0 Å². The standard InChI is InChI=1S/C29H32N8O3/c1-19-3-2-9-31-26(19)37-13-11-36(12-14-37)25-7-6-21(27(38)32-10-8-22-16-30-18-33-22)15-23(25)34-28(39)24-17-40-29(35-24)20-4-5-20/h2-3,6-7,9,15-18,20H,4-5,8,10-14H2,1H3,(H,30,33)(H,32,38)(H,34,39). The van der Waals surface area contributed by atoms with Crippen LogP contribution in [0.15, 0.2) is 59.7 Å². The number of nitrogens with zero attached hydrogens (tertiary/aromatic N) is 5. The Balaban J connectivity index is 1.19. The second kappa shape index (κ2) is 11.2. The molecule has 1 aliphatic carbocycles. The highest BCUT2D eigenvalue weighted by Gasteiger charge is 2.30. The van der Waals surface area contributed by atoms with Crippen molar-refractivity contribution in [3.8, 4) is 0 Å². The molecule has 11 nitrogen and oxygen atoms in total. The largest absolute Gasteiger partial charge is 0.448 e. The molecule has 6 rings (SSSR count). The number of aromatic amines is 1. The molecule has 0 unspecified atom stereocenters. The van der Waals surface area contributed by atoms with E-state index >= 15 is 0 Å². The minimum atomic E-state index is -0.365. The molecule has 2 aliphatic rings. The molecule has 11 heteroatoms. The average molecular weight is 541 g/mol. The number of carbonyl (C=O) groups is 2. The summed E-state index contributed by atoms with van der Waals surface area (Å²) in [6.07, 6.45) is 9.33. The number of oxazole rings is 1. The monoisotopic (exact) mass is 540 g/mol. The Hall–Kier alpha value is -4.67. The van der Waals surface area contributed by atoms with Crippen molar-refractivity contribution in [1.29, 1.82) is 0 Å². The number of aromatic nitrogens is 4. The Morgan fingerprint density at radius 2 is 1.90 bits per heavy atom. The fraction of sp³-hybridized carbons (Fsp3) is 0.345. The van der Waals surface area contributed by atoms with Crippen LogP contribution in [0.1, 0.15) is 56.8 Å². The number of H-pyrrole nitrogens is 1. The Bertz CT molecular complexity index is 1490. The first kappa shape index (κ1) is 25.6. The van der Waals surface area contributed by atoms with Crippen LogP contribution < -0.4 is 20.4 Å². The number of hydrogen-bond acceptors (Lipinski definition) is 8. The first-order valence-electron chi connectivity index (χ1n) is 13.6. The van der Waals surface area contributed by atoms with Crippen molar-refractivity contribution in [2.75, 3.05) is 47.8 Å². The van der Waals surface area contributed by atoms with Gasteiger partial charge >= 0.3 is 0 Å². The molecule has 2 amide bonds. The lowest BCUT2D eigenvalue weighted by molar-refractivity contribution is 0.0952. The van der Waals surface area contributed by atoms with Crippen LogP contribution in [0.3, 0.4) is 0 Å². The van der Waals surface area contributed by atoms with Gasteiger partial charge in [0.2, 0.25) is 0 Å². The molecular formula is C29H32N8O3. The van der Waals surface area contributed by atoms with Crippen molar-refractivity contribution >= 4 is 29.0 Å². The third kappa shape index (κ3) is 5.68. The lowest BCUT2D eigenvalue weighted by Gasteiger charge is -2.38. The van der Waals surface area contributed by atoms with E-state index < -0.39 is 0 Å². The van der Waals surface area contributed by atoms with Crippen LogP contribution in [0.5, 0.6) is 0 Å². The molecule has 206 valence electrons. The van der Waals surface area contributed by atoms with E-state index in [1.54, 1.807) is 18.5 Å². The molecule has 2 fully saturated rings. The molecule has 1 saturated heterocycles. The summed E-state index contributed by atoms with van der Waals surface area (Å²) in [5, 5.41) is 5.94. The topological polar surface area (TPSA) is 132 Å². The number of anilines is 3. The van der Waals surface area contributed by atoms with Crippen molar-refractivity contribution in [3.05, 3.63) is 83.7 Å². The van der Waals surface area contributed by atoms with Crippen LogP contribution in [0.4, 0.5) is 17.2 Å². The summed E-state index contributed by atoms with van der Waals surface area (Å²) in [4.78, 5) is 46.7. The maximum Gasteiger partial charge on any atom is 0.277 e. The minimum Gasteiger partial charge on any atom is -0.448 e. The number of nitrogens with one attached hydrogen (secondary N) is 3. The number of rotatable bonds is 9. The number of aryl methyl sites for hydroxylation is 1. The molecule has 0 atom stereocenters. The van der Waals surface area contributed by atoms with Crippen LogP contribution in [0, 0.1) is 6.92 Å². The summed E-state index contributed by atoms with van der Waals surface area (Å²) in [6, 6.07) is 9.44. The summed E-state index contributed by atoms with van der Waals surface area (Å²) in [5.41, 5.74) is 4.12. The third-order valence-corrected chi connectivity index (χ3v) is 7.31. The predicted molar refractivity (Wildman–Crippen MR) is 151 cm³/mol. The fourth-order valence-corrected chi connectivity index (χ4v) is 4.95. The van der Waals surface area contributed by atoms with Gasteiger partial charge in [-0.05, 0) is 49.6 Å². The molecule has 40 heavy (non-hydrogen) atoms. The number of piperazine rings is 1. The number of pyridine rings is 1. The van der Waals surface area contributed by atoms with E-state index in [-0.39, 0.29) is 17.5 Å².